The molecule has 4 rings (SSSR count). The van der Waals surface area contributed by atoms with Crippen molar-refractivity contribution in [3.05, 3.63) is 93.5 Å². The van der Waals surface area contributed by atoms with Gasteiger partial charge in [-0.3, -0.25) is 9.69 Å². The molecule has 0 unspecified atom stereocenters. The third-order valence-corrected chi connectivity index (χ3v) is 5.13. The summed E-state index contributed by atoms with van der Waals surface area (Å²) < 4.78 is 1.02. The Morgan fingerprint density at radius 3 is 2.27 bits per heavy atom. The Balaban J connectivity index is 1.88. The molecule has 3 nitrogen and oxygen atoms in total. The zero-order valence-electron chi connectivity index (χ0n) is 14.7. The van der Waals surface area contributed by atoms with Crippen molar-refractivity contribution in [2.45, 2.75) is 20.0 Å². The van der Waals surface area contributed by atoms with Crippen molar-refractivity contribution in [3.63, 3.8) is 0 Å². The molecule has 0 aromatic heterocycles. The van der Waals surface area contributed by atoms with Gasteiger partial charge in [-0.15, -0.1) is 0 Å². The van der Waals surface area contributed by atoms with Crippen molar-refractivity contribution in [2.24, 2.45) is 0 Å². The summed E-state index contributed by atoms with van der Waals surface area (Å²) >= 11 is 3.49. The monoisotopic (exact) mass is 406 g/mol. The van der Waals surface area contributed by atoms with E-state index in [2.05, 4.69) is 53.3 Å². The highest BCUT2D eigenvalue weighted by Crippen LogP contribution is 2.37. The van der Waals surface area contributed by atoms with Crippen molar-refractivity contribution < 1.29 is 4.79 Å². The van der Waals surface area contributed by atoms with Crippen molar-refractivity contribution in [1.29, 1.82) is 0 Å². The molecule has 1 heterocycles. The van der Waals surface area contributed by atoms with Crippen LogP contribution < -0.4 is 10.2 Å². The predicted molar refractivity (Wildman–Crippen MR) is 110 cm³/mol. The van der Waals surface area contributed by atoms with Crippen LogP contribution in [0.5, 0.6) is 0 Å². The van der Waals surface area contributed by atoms with Crippen molar-refractivity contribution in [2.75, 3.05) is 10.2 Å². The summed E-state index contributed by atoms with van der Waals surface area (Å²) in [6.07, 6.45) is -0.258. The molecule has 3 aromatic carbocycles. The van der Waals surface area contributed by atoms with Crippen LogP contribution in [0.4, 0.5) is 11.4 Å². The Morgan fingerprint density at radius 2 is 1.58 bits per heavy atom. The average Bonchev–Trinajstić information content (AvgIpc) is 2.61. The van der Waals surface area contributed by atoms with E-state index >= 15 is 0 Å². The molecular weight excluding hydrogens is 388 g/mol. The number of amides is 1. The number of rotatable bonds is 2. The Hall–Kier alpha value is -2.59. The molecule has 1 aliphatic heterocycles. The molecular formula is C22H19BrN2O. The predicted octanol–water partition coefficient (Wildman–Crippen LogP) is 5.84. The van der Waals surface area contributed by atoms with Gasteiger partial charge in [0.05, 0.1) is 5.56 Å². The number of para-hydroxylation sites is 1. The number of halogens is 1. The van der Waals surface area contributed by atoms with Crippen LogP contribution in [-0.4, -0.2) is 5.91 Å². The maximum Gasteiger partial charge on any atom is 0.262 e. The first-order chi connectivity index (χ1) is 12.5. The molecule has 0 spiro atoms. The van der Waals surface area contributed by atoms with Crippen LogP contribution in [0.25, 0.3) is 0 Å². The second-order valence-corrected chi connectivity index (χ2v) is 7.58. The fourth-order valence-electron chi connectivity index (χ4n) is 3.49. The maximum absolute atomic E-state index is 13.4. The van der Waals surface area contributed by atoms with Crippen molar-refractivity contribution in [3.8, 4) is 0 Å². The second kappa shape index (κ2) is 6.61. The van der Waals surface area contributed by atoms with Crippen LogP contribution >= 0.6 is 15.9 Å². The summed E-state index contributed by atoms with van der Waals surface area (Å²) in [7, 11) is 0. The number of carbonyl (C=O) groups excluding carboxylic acids is 1. The van der Waals surface area contributed by atoms with Gasteiger partial charge >= 0.3 is 0 Å². The van der Waals surface area contributed by atoms with Gasteiger partial charge in [-0.05, 0) is 66.9 Å². The van der Waals surface area contributed by atoms with Crippen molar-refractivity contribution in [1.82, 2.24) is 0 Å². The van der Waals surface area contributed by atoms with E-state index in [0.29, 0.717) is 5.56 Å². The van der Waals surface area contributed by atoms with Gasteiger partial charge in [0.25, 0.3) is 5.91 Å². The molecule has 0 saturated carbocycles. The first kappa shape index (κ1) is 16.9. The molecule has 26 heavy (non-hydrogen) atoms. The Kier molecular flexibility index (Phi) is 4.29. The van der Waals surface area contributed by atoms with Gasteiger partial charge in [-0.1, -0.05) is 46.3 Å². The lowest BCUT2D eigenvalue weighted by Crippen LogP contribution is -2.43. The number of fused-ring (bicyclic) bond motifs is 1. The van der Waals surface area contributed by atoms with Gasteiger partial charge in [0.15, 0.2) is 0 Å². The van der Waals surface area contributed by atoms with E-state index in [9.17, 15) is 4.79 Å². The molecule has 0 saturated heterocycles. The molecule has 130 valence electrons. The van der Waals surface area contributed by atoms with E-state index in [1.54, 1.807) is 0 Å². The first-order valence-electron chi connectivity index (χ1n) is 8.56. The second-order valence-electron chi connectivity index (χ2n) is 6.67. The quantitative estimate of drug-likeness (QED) is 0.579. The summed E-state index contributed by atoms with van der Waals surface area (Å²) in [6.45, 7) is 4.11. The molecule has 4 heteroatoms. The van der Waals surface area contributed by atoms with Crippen LogP contribution in [0, 0.1) is 13.8 Å². The number of hydrogen-bond acceptors (Lipinski definition) is 2. The summed E-state index contributed by atoms with van der Waals surface area (Å²) in [5.41, 5.74) is 5.78. The molecule has 0 fully saturated rings. The Bertz CT molecular complexity index is 961. The average molecular weight is 407 g/mol. The molecule has 1 atom stereocenters. The maximum atomic E-state index is 13.4. The smallest absolute Gasteiger partial charge is 0.262 e. The third-order valence-electron chi connectivity index (χ3n) is 4.60. The van der Waals surface area contributed by atoms with Gasteiger partial charge in [0.1, 0.15) is 6.17 Å². The van der Waals surface area contributed by atoms with Crippen LogP contribution in [0.1, 0.15) is 33.2 Å². The standard InChI is InChI=1S/C22H19BrN2O/c1-14-11-15(2)13-18(12-14)25-21(16-7-9-17(23)10-8-16)24-20-6-4-3-5-19(20)22(25)26/h3-13,21,24H,1-2H3/t21-/m0/s1. The van der Waals surface area contributed by atoms with E-state index < -0.39 is 0 Å². The van der Waals surface area contributed by atoms with Gasteiger partial charge in [-0.2, -0.15) is 0 Å². The zero-order chi connectivity index (χ0) is 18.3. The van der Waals surface area contributed by atoms with E-state index in [-0.39, 0.29) is 12.1 Å². The van der Waals surface area contributed by atoms with Gasteiger partial charge < -0.3 is 5.32 Å². The van der Waals surface area contributed by atoms with Gasteiger partial charge in [0.2, 0.25) is 0 Å². The highest BCUT2D eigenvalue weighted by molar-refractivity contribution is 9.10. The van der Waals surface area contributed by atoms with E-state index in [1.807, 2.05) is 53.4 Å². The van der Waals surface area contributed by atoms with Crippen LogP contribution in [0.2, 0.25) is 0 Å². The molecule has 0 bridgehead atoms. The summed E-state index contributed by atoms with van der Waals surface area (Å²) in [5.74, 6) is 0.0114. The van der Waals surface area contributed by atoms with Crippen LogP contribution in [-0.2, 0) is 0 Å². The number of benzene rings is 3. The molecule has 0 radical (unpaired) electrons. The number of nitrogens with zero attached hydrogens (tertiary/aromatic N) is 1. The van der Waals surface area contributed by atoms with E-state index in [1.165, 1.54) is 0 Å². The number of hydrogen-bond donors (Lipinski definition) is 1. The lowest BCUT2D eigenvalue weighted by atomic mass is 10.0. The fraction of sp³-hybridized carbons (Fsp3) is 0.136. The number of anilines is 2. The highest BCUT2D eigenvalue weighted by Gasteiger charge is 2.34. The molecule has 1 aliphatic rings. The summed E-state index contributed by atoms with van der Waals surface area (Å²) in [5, 5.41) is 3.54. The molecule has 3 aromatic rings. The van der Waals surface area contributed by atoms with Crippen LogP contribution in [0.3, 0.4) is 0 Å². The minimum Gasteiger partial charge on any atom is -0.360 e. The lowest BCUT2D eigenvalue weighted by Gasteiger charge is -2.38. The van der Waals surface area contributed by atoms with Gasteiger partial charge in [0, 0.05) is 15.8 Å². The lowest BCUT2D eigenvalue weighted by molar-refractivity contribution is 0.0975. The topological polar surface area (TPSA) is 32.3 Å². The largest absolute Gasteiger partial charge is 0.360 e. The minimum atomic E-state index is -0.258. The van der Waals surface area contributed by atoms with E-state index in [0.717, 1.165) is 32.5 Å². The van der Waals surface area contributed by atoms with Gasteiger partial charge in [-0.25, -0.2) is 0 Å². The normalized spacial score (nSPS) is 16.2. The van der Waals surface area contributed by atoms with Crippen LogP contribution in [0.15, 0.2) is 71.2 Å². The Labute approximate surface area is 161 Å². The molecule has 1 N–H and O–H groups in total. The SMILES string of the molecule is Cc1cc(C)cc(N2C(=O)c3ccccc3N[C@@H]2c2ccc(Br)cc2)c1. The number of carbonyl (C=O) groups is 1. The molecule has 0 aliphatic carbocycles. The zero-order valence-corrected chi connectivity index (χ0v) is 16.2. The number of nitrogens with one attached hydrogen (secondary N) is 1. The summed E-state index contributed by atoms with van der Waals surface area (Å²) in [4.78, 5) is 15.2. The Morgan fingerprint density at radius 1 is 0.923 bits per heavy atom. The fourth-order valence-corrected chi connectivity index (χ4v) is 3.75. The molecule has 1 amide bonds. The first-order valence-corrected chi connectivity index (χ1v) is 9.35. The number of aryl methyl sites for hydroxylation is 2. The third kappa shape index (κ3) is 3.01. The highest BCUT2D eigenvalue weighted by atomic mass is 79.9. The van der Waals surface area contributed by atoms with Crippen molar-refractivity contribution >= 4 is 33.2 Å². The van der Waals surface area contributed by atoms with E-state index in [4.69, 9.17) is 0 Å². The minimum absolute atomic E-state index is 0.0114. The summed E-state index contributed by atoms with van der Waals surface area (Å²) in [6, 6.07) is 22.0.